The minimum atomic E-state index is -0.727. The zero-order valence-corrected chi connectivity index (χ0v) is 15.6. The largest absolute Gasteiger partial charge is 0.341 e. The number of rotatable bonds is 4. The number of aryl methyl sites for hydroxylation is 2. The lowest BCUT2D eigenvalue weighted by Crippen LogP contribution is -2.50. The first-order chi connectivity index (χ1) is 12.4. The second-order valence-corrected chi connectivity index (χ2v) is 7.15. The molecule has 1 atom stereocenters. The van der Waals surface area contributed by atoms with Crippen molar-refractivity contribution in [3.8, 4) is 0 Å². The summed E-state index contributed by atoms with van der Waals surface area (Å²) in [7, 11) is 0. The molecule has 3 rings (SSSR count). The van der Waals surface area contributed by atoms with Crippen LogP contribution in [-0.4, -0.2) is 39.9 Å². The molecule has 0 unspecified atom stereocenters. The molecule has 6 nitrogen and oxygen atoms in total. The summed E-state index contributed by atoms with van der Waals surface area (Å²) in [4.78, 5) is 27.1. The molecule has 26 heavy (non-hydrogen) atoms. The van der Waals surface area contributed by atoms with Gasteiger partial charge in [-0.3, -0.25) is 14.7 Å². The summed E-state index contributed by atoms with van der Waals surface area (Å²) in [5.74, 6) is 0.0458. The number of amides is 1. The fraction of sp³-hybridized carbons (Fsp3) is 0.450. The van der Waals surface area contributed by atoms with Gasteiger partial charge in [-0.2, -0.15) is 5.10 Å². The molecule has 2 aromatic rings. The Hall–Kier alpha value is -2.47. The fourth-order valence-corrected chi connectivity index (χ4v) is 4.05. The molecule has 1 amide bonds. The number of Topliss-reactive ketones (excluding diaryl/α,β-unsaturated/α-hetero) is 1. The first-order valence-corrected chi connectivity index (χ1v) is 8.99. The number of nitrogens with one attached hydrogen (secondary N) is 1. The van der Waals surface area contributed by atoms with E-state index in [-0.39, 0.29) is 11.7 Å². The maximum atomic E-state index is 12.9. The number of aromatic amines is 1. The quantitative estimate of drug-likeness (QED) is 0.880. The normalized spacial score (nSPS) is 17.8. The lowest BCUT2D eigenvalue weighted by molar-refractivity contribution is -0.136. The molecular weight excluding hydrogens is 328 g/mol. The highest BCUT2D eigenvalue weighted by Gasteiger charge is 2.42. The number of nitrogens with two attached hydrogens (primary N) is 1. The Kier molecular flexibility index (Phi) is 4.96. The number of nitrogens with zero attached hydrogens (tertiary/aromatic N) is 2. The van der Waals surface area contributed by atoms with E-state index in [0.29, 0.717) is 25.9 Å². The van der Waals surface area contributed by atoms with Gasteiger partial charge >= 0.3 is 0 Å². The molecule has 0 aliphatic carbocycles. The number of benzene rings is 1. The summed E-state index contributed by atoms with van der Waals surface area (Å²) >= 11 is 0. The number of carbonyl (C=O) groups excluding carboxylic acids is 2. The Morgan fingerprint density at radius 2 is 1.81 bits per heavy atom. The van der Waals surface area contributed by atoms with Crippen LogP contribution in [-0.2, 0) is 15.0 Å². The fourth-order valence-electron chi connectivity index (χ4n) is 4.05. The second kappa shape index (κ2) is 7.03. The van der Waals surface area contributed by atoms with Gasteiger partial charge in [-0.05, 0) is 39.2 Å². The first-order valence-electron chi connectivity index (χ1n) is 8.99. The maximum absolute atomic E-state index is 12.9. The van der Waals surface area contributed by atoms with Gasteiger partial charge in [-0.1, -0.05) is 30.3 Å². The summed E-state index contributed by atoms with van der Waals surface area (Å²) in [6, 6.07) is 9.14. The molecule has 2 heterocycles. The van der Waals surface area contributed by atoms with Crippen molar-refractivity contribution in [1.82, 2.24) is 15.1 Å². The molecule has 1 aromatic heterocycles. The summed E-state index contributed by atoms with van der Waals surface area (Å²) in [6.45, 7) is 6.41. The van der Waals surface area contributed by atoms with Crippen molar-refractivity contribution < 1.29 is 9.59 Å². The Balaban J connectivity index is 1.77. The Labute approximate surface area is 153 Å². The van der Waals surface area contributed by atoms with E-state index < -0.39 is 11.5 Å². The van der Waals surface area contributed by atoms with Crippen LogP contribution in [0.25, 0.3) is 0 Å². The van der Waals surface area contributed by atoms with Crippen molar-refractivity contribution in [2.45, 2.75) is 45.1 Å². The van der Waals surface area contributed by atoms with E-state index in [1.807, 2.05) is 44.2 Å². The summed E-state index contributed by atoms with van der Waals surface area (Å²) < 4.78 is 0. The Morgan fingerprint density at radius 3 is 2.31 bits per heavy atom. The topological polar surface area (TPSA) is 92.1 Å². The Bertz CT molecular complexity index is 785. The van der Waals surface area contributed by atoms with Gasteiger partial charge in [0.1, 0.15) is 11.8 Å². The molecule has 138 valence electrons. The third-order valence-corrected chi connectivity index (χ3v) is 5.69. The molecular formula is C20H26N4O2. The van der Waals surface area contributed by atoms with Gasteiger partial charge < -0.3 is 10.6 Å². The van der Waals surface area contributed by atoms with E-state index in [1.54, 1.807) is 11.8 Å². The lowest BCUT2D eigenvalue weighted by Gasteiger charge is -2.41. The van der Waals surface area contributed by atoms with Gasteiger partial charge in [0.05, 0.1) is 11.1 Å². The van der Waals surface area contributed by atoms with Crippen LogP contribution < -0.4 is 5.73 Å². The molecule has 0 bridgehead atoms. The van der Waals surface area contributed by atoms with Crippen molar-refractivity contribution in [3.63, 3.8) is 0 Å². The lowest BCUT2D eigenvalue weighted by atomic mass is 9.70. The molecule has 0 saturated carbocycles. The Morgan fingerprint density at radius 1 is 1.19 bits per heavy atom. The smallest absolute Gasteiger partial charge is 0.244 e. The standard InChI is InChI=1S/C20H26N4O2/c1-13-17(14(2)23-22-13)18(21)19(26)24-11-9-20(10-12-24,15(3)25)16-7-5-4-6-8-16/h4-8,18H,9-12,21H2,1-3H3,(H,22,23)/t18-/m1/s1. The van der Waals surface area contributed by atoms with Gasteiger partial charge in [0, 0.05) is 24.3 Å². The van der Waals surface area contributed by atoms with Gasteiger partial charge in [0.15, 0.2) is 0 Å². The maximum Gasteiger partial charge on any atom is 0.244 e. The van der Waals surface area contributed by atoms with E-state index in [9.17, 15) is 9.59 Å². The van der Waals surface area contributed by atoms with E-state index in [1.165, 1.54) is 0 Å². The molecule has 0 radical (unpaired) electrons. The number of hydrogen-bond donors (Lipinski definition) is 2. The van der Waals surface area contributed by atoms with E-state index in [2.05, 4.69) is 10.2 Å². The molecule has 6 heteroatoms. The zero-order valence-electron chi connectivity index (χ0n) is 15.6. The predicted octanol–water partition coefficient (Wildman–Crippen LogP) is 2.18. The van der Waals surface area contributed by atoms with Crippen molar-refractivity contribution >= 4 is 11.7 Å². The van der Waals surface area contributed by atoms with Crippen LogP contribution in [0.5, 0.6) is 0 Å². The zero-order chi connectivity index (χ0) is 18.9. The van der Waals surface area contributed by atoms with Gasteiger partial charge in [0.25, 0.3) is 0 Å². The molecule has 1 aliphatic heterocycles. The number of hydrogen-bond acceptors (Lipinski definition) is 4. The van der Waals surface area contributed by atoms with Crippen LogP contribution in [0, 0.1) is 13.8 Å². The minimum absolute atomic E-state index is 0.109. The number of H-pyrrole nitrogens is 1. The van der Waals surface area contributed by atoms with Crippen molar-refractivity contribution in [2.24, 2.45) is 5.73 Å². The van der Waals surface area contributed by atoms with E-state index in [0.717, 1.165) is 22.5 Å². The number of ketones is 1. The first kappa shape index (κ1) is 18.3. The highest BCUT2D eigenvalue weighted by Crippen LogP contribution is 2.37. The van der Waals surface area contributed by atoms with Gasteiger partial charge in [-0.25, -0.2) is 0 Å². The monoisotopic (exact) mass is 354 g/mol. The SMILES string of the molecule is CC(=O)C1(c2ccccc2)CCN(C(=O)[C@H](N)c2c(C)n[nH]c2C)CC1. The molecule has 3 N–H and O–H groups in total. The molecule has 0 spiro atoms. The van der Waals surface area contributed by atoms with Crippen LogP contribution in [0.4, 0.5) is 0 Å². The highest BCUT2D eigenvalue weighted by atomic mass is 16.2. The third kappa shape index (κ3) is 3.05. The summed E-state index contributed by atoms with van der Waals surface area (Å²) in [5.41, 5.74) is 9.10. The van der Waals surface area contributed by atoms with E-state index in [4.69, 9.17) is 5.73 Å². The highest BCUT2D eigenvalue weighted by molar-refractivity contribution is 5.89. The summed E-state index contributed by atoms with van der Waals surface area (Å²) in [5, 5.41) is 7.01. The van der Waals surface area contributed by atoms with Crippen molar-refractivity contribution in [3.05, 3.63) is 52.8 Å². The summed E-state index contributed by atoms with van der Waals surface area (Å²) in [6.07, 6.45) is 1.24. The van der Waals surface area contributed by atoms with Gasteiger partial charge in [-0.15, -0.1) is 0 Å². The number of carbonyl (C=O) groups is 2. The van der Waals surface area contributed by atoms with Gasteiger partial charge in [0.2, 0.25) is 5.91 Å². The third-order valence-electron chi connectivity index (χ3n) is 5.69. The average Bonchev–Trinajstić information content (AvgIpc) is 2.99. The predicted molar refractivity (Wildman–Crippen MR) is 99.6 cm³/mol. The van der Waals surface area contributed by atoms with Crippen LogP contribution in [0.3, 0.4) is 0 Å². The van der Waals surface area contributed by atoms with Crippen LogP contribution >= 0.6 is 0 Å². The van der Waals surface area contributed by atoms with Crippen LogP contribution in [0.1, 0.15) is 48.3 Å². The molecule has 1 saturated heterocycles. The number of likely N-dealkylation sites (tertiary alicyclic amines) is 1. The molecule has 1 aliphatic rings. The molecule has 1 fully saturated rings. The number of piperidine rings is 1. The van der Waals surface area contributed by atoms with Crippen molar-refractivity contribution in [2.75, 3.05) is 13.1 Å². The van der Waals surface area contributed by atoms with Crippen LogP contribution in [0.2, 0.25) is 0 Å². The van der Waals surface area contributed by atoms with E-state index >= 15 is 0 Å². The van der Waals surface area contributed by atoms with Crippen LogP contribution in [0.15, 0.2) is 30.3 Å². The van der Waals surface area contributed by atoms with Crippen molar-refractivity contribution in [1.29, 1.82) is 0 Å². The molecule has 1 aromatic carbocycles. The number of aromatic nitrogens is 2. The minimum Gasteiger partial charge on any atom is -0.341 e. The average molecular weight is 354 g/mol. The second-order valence-electron chi connectivity index (χ2n) is 7.15.